The predicted octanol–water partition coefficient (Wildman–Crippen LogP) is 3.87. The Kier molecular flexibility index (Phi) is 6.70. The first kappa shape index (κ1) is 20.2. The van der Waals surface area contributed by atoms with Gasteiger partial charge < -0.3 is 14.4 Å². The van der Waals surface area contributed by atoms with Gasteiger partial charge in [0.05, 0.1) is 6.61 Å². The van der Waals surface area contributed by atoms with Gasteiger partial charge in [-0.1, -0.05) is 41.9 Å². The summed E-state index contributed by atoms with van der Waals surface area (Å²) in [5, 5.41) is 0.708. The summed E-state index contributed by atoms with van der Waals surface area (Å²) >= 11 is 6.27. The molecule has 0 bridgehead atoms. The number of ether oxygens (including phenoxy) is 2. The van der Waals surface area contributed by atoms with Crippen molar-refractivity contribution < 1.29 is 14.3 Å². The molecule has 6 heteroatoms. The van der Waals surface area contributed by atoms with E-state index in [-0.39, 0.29) is 12.7 Å². The molecule has 154 valence electrons. The third-order valence-corrected chi connectivity index (χ3v) is 5.79. The minimum atomic E-state index is 0.265. The Morgan fingerprint density at radius 2 is 1.86 bits per heavy atom. The summed E-state index contributed by atoms with van der Waals surface area (Å²) < 4.78 is 11.1. The van der Waals surface area contributed by atoms with Crippen LogP contribution in [-0.2, 0) is 29.1 Å². The van der Waals surface area contributed by atoms with Crippen LogP contribution in [0.2, 0.25) is 5.02 Å². The highest BCUT2D eigenvalue weighted by atomic mass is 35.5. The van der Waals surface area contributed by atoms with E-state index in [4.69, 9.17) is 21.1 Å². The lowest BCUT2D eigenvalue weighted by molar-refractivity contribution is -0.133. The average Bonchev–Trinajstić information content (AvgIpc) is 2.75. The van der Waals surface area contributed by atoms with Gasteiger partial charge in [0.15, 0.2) is 6.79 Å². The minimum Gasteiger partial charge on any atom is -0.467 e. The number of aryl methyl sites for hydroxylation is 1. The maximum atomic E-state index is 12.5. The topological polar surface area (TPSA) is 42.0 Å². The number of nitrogens with zero attached hydrogens (tertiary/aromatic N) is 2. The summed E-state index contributed by atoms with van der Waals surface area (Å²) in [6, 6.07) is 14.2. The molecule has 5 nitrogen and oxygen atoms in total. The Balaban J connectivity index is 1.25. The molecule has 0 N–H and O–H groups in total. The number of carbonyl (C=O) groups is 1. The smallest absolute Gasteiger partial charge is 0.222 e. The second-order valence-corrected chi connectivity index (χ2v) is 8.10. The second kappa shape index (κ2) is 9.61. The molecule has 0 saturated carbocycles. The Hall–Kier alpha value is -2.08. The largest absolute Gasteiger partial charge is 0.467 e. The molecule has 1 amide bonds. The van der Waals surface area contributed by atoms with E-state index < -0.39 is 0 Å². The molecule has 0 unspecified atom stereocenters. The van der Waals surface area contributed by atoms with Crippen molar-refractivity contribution in [3.63, 3.8) is 0 Å². The highest BCUT2D eigenvalue weighted by molar-refractivity contribution is 6.30. The monoisotopic (exact) mass is 414 g/mol. The number of benzene rings is 2. The van der Waals surface area contributed by atoms with Gasteiger partial charge in [-0.3, -0.25) is 9.69 Å². The molecule has 2 aromatic rings. The van der Waals surface area contributed by atoms with E-state index in [0.717, 1.165) is 62.4 Å². The Morgan fingerprint density at radius 1 is 1.07 bits per heavy atom. The molecular weight excluding hydrogens is 388 g/mol. The van der Waals surface area contributed by atoms with Gasteiger partial charge >= 0.3 is 0 Å². The van der Waals surface area contributed by atoms with Gasteiger partial charge in [-0.15, -0.1) is 0 Å². The molecule has 0 radical (unpaired) electrons. The Labute approximate surface area is 177 Å². The predicted molar refractivity (Wildman–Crippen MR) is 113 cm³/mol. The molecule has 4 rings (SSSR count). The lowest BCUT2D eigenvalue weighted by Crippen LogP contribution is -2.48. The van der Waals surface area contributed by atoms with Crippen molar-refractivity contribution in [2.75, 3.05) is 33.0 Å². The van der Waals surface area contributed by atoms with Crippen LogP contribution >= 0.6 is 11.6 Å². The highest BCUT2D eigenvalue weighted by Gasteiger charge is 2.23. The number of halogens is 1. The van der Waals surface area contributed by atoms with Gasteiger partial charge in [-0.05, 0) is 30.5 Å². The molecule has 1 fully saturated rings. The molecule has 0 spiro atoms. The molecule has 0 aromatic heterocycles. The molecule has 29 heavy (non-hydrogen) atoms. The standard InChI is InChI=1S/C23H27ClN2O3/c24-21-13-19(23-20(14-21)16-28-17-29-23)15-25-9-11-26(12-10-25)22(27)8-4-7-18-5-2-1-3-6-18/h1-3,5-6,13-14H,4,7-12,15-17H2. The summed E-state index contributed by atoms with van der Waals surface area (Å²) in [6.07, 6.45) is 2.47. The van der Waals surface area contributed by atoms with Crippen LogP contribution in [0, 0.1) is 0 Å². The SMILES string of the molecule is O=C(CCCc1ccccc1)N1CCN(Cc2cc(Cl)cc3c2OCOC3)CC1. The zero-order valence-electron chi connectivity index (χ0n) is 16.6. The number of hydrogen-bond donors (Lipinski definition) is 0. The van der Waals surface area contributed by atoms with Crippen molar-refractivity contribution in [2.45, 2.75) is 32.4 Å². The maximum absolute atomic E-state index is 12.5. The first-order chi connectivity index (χ1) is 14.2. The van der Waals surface area contributed by atoms with E-state index in [1.165, 1.54) is 5.56 Å². The maximum Gasteiger partial charge on any atom is 0.222 e. The molecular formula is C23H27ClN2O3. The number of amides is 1. The highest BCUT2D eigenvalue weighted by Crippen LogP contribution is 2.32. The third kappa shape index (κ3) is 5.30. The summed E-state index contributed by atoms with van der Waals surface area (Å²) in [7, 11) is 0. The van der Waals surface area contributed by atoms with Gasteiger partial charge in [-0.2, -0.15) is 0 Å². The molecule has 1 saturated heterocycles. The van der Waals surface area contributed by atoms with Crippen molar-refractivity contribution in [1.82, 2.24) is 9.80 Å². The van der Waals surface area contributed by atoms with Gasteiger partial charge in [0, 0.05) is 55.3 Å². The fourth-order valence-electron chi connectivity index (χ4n) is 4.02. The zero-order valence-corrected chi connectivity index (χ0v) is 17.4. The fraction of sp³-hybridized carbons (Fsp3) is 0.435. The zero-order chi connectivity index (χ0) is 20.1. The lowest BCUT2D eigenvalue weighted by atomic mass is 10.1. The lowest BCUT2D eigenvalue weighted by Gasteiger charge is -2.35. The van der Waals surface area contributed by atoms with Crippen molar-refractivity contribution in [2.24, 2.45) is 0 Å². The molecule has 2 aromatic carbocycles. The second-order valence-electron chi connectivity index (χ2n) is 7.66. The number of piperazine rings is 1. The van der Waals surface area contributed by atoms with Crippen LogP contribution in [0.4, 0.5) is 0 Å². The Morgan fingerprint density at radius 3 is 2.66 bits per heavy atom. The van der Waals surface area contributed by atoms with Crippen molar-refractivity contribution in [3.8, 4) is 5.75 Å². The molecule has 2 aliphatic rings. The van der Waals surface area contributed by atoms with Gasteiger partial charge in [0.25, 0.3) is 0 Å². The van der Waals surface area contributed by atoms with E-state index >= 15 is 0 Å². The summed E-state index contributed by atoms with van der Waals surface area (Å²) in [5.74, 6) is 1.17. The van der Waals surface area contributed by atoms with Gasteiger partial charge in [-0.25, -0.2) is 0 Å². The van der Waals surface area contributed by atoms with Crippen LogP contribution in [0.1, 0.15) is 29.5 Å². The van der Waals surface area contributed by atoms with Crippen LogP contribution in [0.25, 0.3) is 0 Å². The quantitative estimate of drug-likeness (QED) is 0.719. The van der Waals surface area contributed by atoms with Gasteiger partial charge in [0.1, 0.15) is 5.75 Å². The van der Waals surface area contributed by atoms with Crippen LogP contribution in [0.15, 0.2) is 42.5 Å². The molecule has 0 atom stereocenters. The average molecular weight is 415 g/mol. The first-order valence-corrected chi connectivity index (χ1v) is 10.6. The number of carbonyl (C=O) groups excluding carboxylic acids is 1. The van der Waals surface area contributed by atoms with E-state index in [1.54, 1.807) is 0 Å². The van der Waals surface area contributed by atoms with Crippen LogP contribution in [0.5, 0.6) is 5.75 Å². The number of rotatable bonds is 6. The molecule has 0 aliphatic carbocycles. The van der Waals surface area contributed by atoms with E-state index in [1.807, 2.05) is 35.2 Å². The minimum absolute atomic E-state index is 0.265. The summed E-state index contributed by atoms with van der Waals surface area (Å²) in [6.45, 7) is 4.87. The fourth-order valence-corrected chi connectivity index (χ4v) is 4.28. The molecule has 2 aliphatic heterocycles. The normalized spacial score (nSPS) is 16.9. The number of fused-ring (bicyclic) bond motifs is 1. The van der Waals surface area contributed by atoms with Crippen LogP contribution < -0.4 is 4.74 Å². The van der Waals surface area contributed by atoms with Crippen molar-refractivity contribution in [3.05, 3.63) is 64.2 Å². The first-order valence-electron chi connectivity index (χ1n) is 10.2. The van der Waals surface area contributed by atoms with E-state index in [9.17, 15) is 4.79 Å². The van der Waals surface area contributed by atoms with E-state index in [0.29, 0.717) is 18.1 Å². The number of hydrogen-bond acceptors (Lipinski definition) is 4. The molecule has 2 heterocycles. The summed E-state index contributed by atoms with van der Waals surface area (Å²) in [5.41, 5.74) is 3.40. The van der Waals surface area contributed by atoms with Crippen molar-refractivity contribution in [1.29, 1.82) is 0 Å². The Bertz CT molecular complexity index is 836. The van der Waals surface area contributed by atoms with Crippen molar-refractivity contribution >= 4 is 17.5 Å². The van der Waals surface area contributed by atoms with Crippen LogP contribution in [0.3, 0.4) is 0 Å². The van der Waals surface area contributed by atoms with Crippen LogP contribution in [-0.4, -0.2) is 48.7 Å². The third-order valence-electron chi connectivity index (χ3n) is 5.57. The summed E-state index contributed by atoms with van der Waals surface area (Å²) in [4.78, 5) is 16.9. The van der Waals surface area contributed by atoms with E-state index in [2.05, 4.69) is 17.0 Å². The van der Waals surface area contributed by atoms with Gasteiger partial charge in [0.2, 0.25) is 5.91 Å².